The van der Waals surface area contributed by atoms with Crippen LogP contribution in [-0.2, 0) is 10.2 Å². The lowest BCUT2D eigenvalue weighted by atomic mass is 10.2. The molecule has 6 nitrogen and oxygen atoms in total. The molecule has 2 fully saturated rings. The van der Waals surface area contributed by atoms with Gasteiger partial charge in [-0.3, -0.25) is 4.90 Å². The van der Waals surface area contributed by atoms with Crippen molar-refractivity contribution in [3.05, 3.63) is 0 Å². The first-order valence-electron chi connectivity index (χ1n) is 7.22. The minimum absolute atomic E-state index is 0. The third kappa shape index (κ3) is 4.05. The normalized spacial score (nSPS) is 25.9. The lowest BCUT2D eigenvalue weighted by Gasteiger charge is -2.32. The first kappa shape index (κ1) is 18.1. The summed E-state index contributed by atoms with van der Waals surface area (Å²) >= 11 is 0. The Morgan fingerprint density at radius 1 is 1.25 bits per heavy atom. The second kappa shape index (κ2) is 7.91. The summed E-state index contributed by atoms with van der Waals surface area (Å²) in [5.74, 6) is 0. The van der Waals surface area contributed by atoms with E-state index in [0.29, 0.717) is 25.7 Å². The molecule has 1 atom stereocenters. The molecule has 2 aliphatic rings. The van der Waals surface area contributed by atoms with E-state index in [9.17, 15) is 8.42 Å². The second-order valence-corrected chi connectivity index (χ2v) is 7.45. The molecule has 2 rings (SSSR count). The fraction of sp³-hybridized carbons (Fsp3) is 1.00. The Morgan fingerprint density at radius 3 is 2.50 bits per heavy atom. The van der Waals surface area contributed by atoms with Crippen LogP contribution in [0.2, 0.25) is 0 Å². The van der Waals surface area contributed by atoms with E-state index >= 15 is 0 Å². The van der Waals surface area contributed by atoms with Crippen LogP contribution in [0.4, 0.5) is 0 Å². The Bertz CT molecular complexity index is 387. The van der Waals surface area contributed by atoms with Crippen LogP contribution in [0.15, 0.2) is 0 Å². The number of rotatable bonds is 5. The summed E-state index contributed by atoms with van der Waals surface area (Å²) in [6, 6.07) is 0.395. The van der Waals surface area contributed by atoms with Gasteiger partial charge in [0.05, 0.1) is 0 Å². The van der Waals surface area contributed by atoms with Crippen LogP contribution in [0, 0.1) is 0 Å². The van der Waals surface area contributed by atoms with E-state index in [-0.39, 0.29) is 12.4 Å². The van der Waals surface area contributed by atoms with Gasteiger partial charge in [-0.05, 0) is 12.8 Å². The highest BCUT2D eigenvalue weighted by molar-refractivity contribution is 7.86. The van der Waals surface area contributed by atoms with Crippen molar-refractivity contribution in [2.45, 2.75) is 25.8 Å². The van der Waals surface area contributed by atoms with Gasteiger partial charge in [0.15, 0.2) is 0 Å². The summed E-state index contributed by atoms with van der Waals surface area (Å²) in [4.78, 5) is 2.42. The molecular weight excluding hydrogens is 300 g/mol. The average molecular weight is 327 g/mol. The lowest BCUT2D eigenvalue weighted by molar-refractivity contribution is 0.179. The maximum absolute atomic E-state index is 12.4. The Hall–Kier alpha value is 0.0800. The molecule has 1 unspecified atom stereocenters. The summed E-state index contributed by atoms with van der Waals surface area (Å²) in [5.41, 5.74) is 0. The fourth-order valence-corrected chi connectivity index (χ4v) is 4.40. The first-order chi connectivity index (χ1) is 9.05. The third-order valence-electron chi connectivity index (χ3n) is 4.05. The molecule has 2 aliphatic heterocycles. The summed E-state index contributed by atoms with van der Waals surface area (Å²) in [5, 5.41) is 3.33. The second-order valence-electron chi connectivity index (χ2n) is 5.42. The Balaban J connectivity index is 0.00000200. The van der Waals surface area contributed by atoms with Crippen molar-refractivity contribution < 1.29 is 8.42 Å². The highest BCUT2D eigenvalue weighted by Crippen LogP contribution is 2.20. The maximum Gasteiger partial charge on any atom is 0.281 e. The van der Waals surface area contributed by atoms with Crippen molar-refractivity contribution in [2.24, 2.45) is 0 Å². The molecule has 0 bridgehead atoms. The van der Waals surface area contributed by atoms with Crippen LogP contribution in [0.3, 0.4) is 0 Å². The molecule has 1 N–H and O–H groups in total. The molecule has 0 aromatic heterocycles. The van der Waals surface area contributed by atoms with Crippen LogP contribution in [0.1, 0.15) is 19.8 Å². The van der Waals surface area contributed by atoms with Gasteiger partial charge in [0.2, 0.25) is 0 Å². The van der Waals surface area contributed by atoms with Gasteiger partial charge >= 0.3 is 0 Å². The maximum atomic E-state index is 12.4. The van der Waals surface area contributed by atoms with E-state index in [1.165, 1.54) is 4.31 Å². The SMILES string of the molecule is CCCN(C)S(=O)(=O)N1CCC(N2CCNCC2)C1.Cl. The van der Waals surface area contributed by atoms with Gasteiger partial charge in [-0.1, -0.05) is 6.92 Å². The first-order valence-corrected chi connectivity index (χ1v) is 8.61. The summed E-state index contributed by atoms with van der Waals surface area (Å²) in [7, 11) is -1.57. The topological polar surface area (TPSA) is 55.9 Å². The van der Waals surface area contributed by atoms with Crippen molar-refractivity contribution in [1.29, 1.82) is 0 Å². The van der Waals surface area contributed by atoms with Crippen LogP contribution >= 0.6 is 12.4 Å². The number of nitrogens with zero attached hydrogens (tertiary/aromatic N) is 3. The van der Waals surface area contributed by atoms with Crippen LogP contribution < -0.4 is 5.32 Å². The zero-order valence-corrected chi connectivity index (χ0v) is 14.0. The number of hydrogen-bond donors (Lipinski definition) is 1. The van der Waals surface area contributed by atoms with Gasteiger partial charge in [-0.2, -0.15) is 17.0 Å². The van der Waals surface area contributed by atoms with Gasteiger partial charge in [-0.15, -0.1) is 12.4 Å². The van der Waals surface area contributed by atoms with Crippen molar-refractivity contribution in [3.8, 4) is 0 Å². The molecule has 8 heteroatoms. The molecule has 0 radical (unpaired) electrons. The standard InChI is InChI=1S/C12H26N4O2S.ClH/c1-3-7-14(2)19(17,18)16-8-4-12(11-16)15-9-5-13-6-10-15;/h12-13H,3-11H2,1-2H3;1H. The Kier molecular flexibility index (Phi) is 7.17. The molecule has 2 heterocycles. The molecule has 20 heavy (non-hydrogen) atoms. The minimum Gasteiger partial charge on any atom is -0.314 e. The highest BCUT2D eigenvalue weighted by Gasteiger charge is 2.36. The van der Waals surface area contributed by atoms with Crippen LogP contribution in [-0.4, -0.2) is 80.8 Å². The number of halogens is 1. The van der Waals surface area contributed by atoms with E-state index in [1.54, 1.807) is 11.4 Å². The molecule has 0 aliphatic carbocycles. The molecule has 120 valence electrons. The van der Waals surface area contributed by atoms with Crippen molar-refractivity contribution >= 4 is 22.6 Å². The van der Waals surface area contributed by atoms with Gasteiger partial charge in [0.25, 0.3) is 10.2 Å². The number of piperazine rings is 1. The quantitative estimate of drug-likeness (QED) is 0.771. The van der Waals surface area contributed by atoms with Crippen molar-refractivity contribution in [2.75, 3.05) is 52.9 Å². The van der Waals surface area contributed by atoms with Crippen LogP contribution in [0.5, 0.6) is 0 Å². The monoisotopic (exact) mass is 326 g/mol. The number of hydrogen-bond acceptors (Lipinski definition) is 4. The number of nitrogens with one attached hydrogen (secondary N) is 1. The smallest absolute Gasteiger partial charge is 0.281 e. The summed E-state index contributed by atoms with van der Waals surface area (Å²) < 4.78 is 27.9. The largest absolute Gasteiger partial charge is 0.314 e. The predicted octanol–water partition coefficient (Wildman–Crippen LogP) is -0.0257. The van der Waals surface area contributed by atoms with E-state index in [4.69, 9.17) is 0 Å². The summed E-state index contributed by atoms with van der Waals surface area (Å²) in [6.07, 6.45) is 1.81. The zero-order chi connectivity index (χ0) is 13.9. The third-order valence-corrected chi connectivity index (χ3v) is 6.01. The molecule has 0 aromatic rings. The molecule has 0 spiro atoms. The fourth-order valence-electron chi connectivity index (χ4n) is 2.89. The molecular formula is C12H27ClN4O2S. The van der Waals surface area contributed by atoms with Crippen molar-refractivity contribution in [1.82, 2.24) is 18.8 Å². The Morgan fingerprint density at radius 2 is 1.90 bits per heavy atom. The molecule has 0 amide bonds. The van der Waals surface area contributed by atoms with Gasteiger partial charge in [-0.25, -0.2) is 0 Å². The van der Waals surface area contributed by atoms with E-state index in [2.05, 4.69) is 10.2 Å². The van der Waals surface area contributed by atoms with Gasteiger partial charge in [0.1, 0.15) is 0 Å². The molecule has 2 saturated heterocycles. The van der Waals surface area contributed by atoms with Crippen LogP contribution in [0.25, 0.3) is 0 Å². The minimum atomic E-state index is -3.25. The van der Waals surface area contributed by atoms with Gasteiger partial charge < -0.3 is 5.32 Å². The van der Waals surface area contributed by atoms with Crippen molar-refractivity contribution in [3.63, 3.8) is 0 Å². The van der Waals surface area contributed by atoms with E-state index in [1.807, 2.05) is 6.92 Å². The Labute approximate surface area is 129 Å². The predicted molar refractivity (Wildman–Crippen MR) is 83.5 cm³/mol. The van der Waals surface area contributed by atoms with Gasteiger partial charge in [0, 0.05) is 58.9 Å². The highest BCUT2D eigenvalue weighted by atomic mass is 35.5. The summed E-state index contributed by atoms with van der Waals surface area (Å²) in [6.45, 7) is 7.99. The molecule has 0 aromatic carbocycles. The van der Waals surface area contributed by atoms with E-state index < -0.39 is 10.2 Å². The average Bonchev–Trinajstić information content (AvgIpc) is 2.90. The molecule has 0 saturated carbocycles. The zero-order valence-electron chi connectivity index (χ0n) is 12.4. The van der Waals surface area contributed by atoms with E-state index in [0.717, 1.165) is 39.0 Å². The lowest BCUT2D eigenvalue weighted by Crippen LogP contribution is -2.50.